The zero-order chi connectivity index (χ0) is 44.8. The number of benzene rings is 12. The van der Waals surface area contributed by atoms with Crippen LogP contribution in [-0.2, 0) is 10.8 Å². The molecule has 0 bridgehead atoms. The van der Waals surface area contributed by atoms with Crippen LogP contribution in [-0.4, -0.2) is 0 Å². The van der Waals surface area contributed by atoms with E-state index >= 15 is 0 Å². The van der Waals surface area contributed by atoms with Crippen LogP contribution in [0.1, 0.15) is 44.5 Å². The predicted octanol–water partition coefficient (Wildman–Crippen LogP) is 17.2. The molecule has 0 amide bonds. The van der Waals surface area contributed by atoms with Gasteiger partial charge in [-0.05, 0) is 146 Å². The zero-order valence-electron chi connectivity index (χ0n) is 37.4. The highest BCUT2D eigenvalue weighted by Gasteiger charge is 2.47. The summed E-state index contributed by atoms with van der Waals surface area (Å²) in [6, 6.07) is 100. The Hall–Kier alpha value is -8.58. The van der Waals surface area contributed by atoms with Gasteiger partial charge in [0.15, 0.2) is 0 Å². The van der Waals surface area contributed by atoms with Gasteiger partial charge in [0.05, 0.1) is 10.8 Å². The van der Waals surface area contributed by atoms with Crippen LogP contribution in [0, 0.1) is 0 Å². The summed E-state index contributed by atoms with van der Waals surface area (Å²) in [7, 11) is 0. The Balaban J connectivity index is 1.03. The van der Waals surface area contributed by atoms with Crippen LogP contribution in [0.15, 0.2) is 267 Å². The van der Waals surface area contributed by atoms with Crippen molar-refractivity contribution in [3.05, 3.63) is 311 Å². The molecule has 14 rings (SSSR count). The molecule has 12 aromatic carbocycles. The lowest BCUT2D eigenvalue weighted by atomic mass is 9.67. The van der Waals surface area contributed by atoms with Crippen LogP contribution in [0.2, 0.25) is 0 Å². The standard InChI is InChI=1S/C68H44/c1-5-21-48(22-6-1)67(49-23-7-2-8-24-49)62-35-19-17-31-54(62)56-39-37-45(43-64(56)67)60-41-47-42-61(53-30-14-16-34-59(53)66(47)58-33-15-13-29-52(58)60)46-38-40-57-55-32-18-20-36-63(55)68(65(57)44-46,50-25-9-3-10-26-50)51-27-11-4-12-28-51/h1-44H. The minimum Gasteiger partial charge on any atom is -0.0622 e. The van der Waals surface area contributed by atoms with E-state index in [2.05, 4.69) is 267 Å². The maximum absolute atomic E-state index is 2.51. The lowest BCUT2D eigenvalue weighted by molar-refractivity contribution is 0.769. The molecule has 316 valence electrons. The highest BCUT2D eigenvalue weighted by atomic mass is 14.5. The first-order chi connectivity index (χ1) is 33.7. The maximum atomic E-state index is 2.51. The number of fused-ring (bicyclic) bond motifs is 11. The van der Waals surface area contributed by atoms with Gasteiger partial charge in [0.1, 0.15) is 0 Å². The molecule has 0 radical (unpaired) electrons. The van der Waals surface area contributed by atoms with Crippen molar-refractivity contribution in [1.29, 1.82) is 0 Å². The van der Waals surface area contributed by atoms with E-state index in [0.29, 0.717) is 0 Å². The van der Waals surface area contributed by atoms with Crippen molar-refractivity contribution in [2.75, 3.05) is 0 Å². The highest BCUT2D eigenvalue weighted by molar-refractivity contribution is 6.26. The van der Waals surface area contributed by atoms with E-state index in [1.165, 1.54) is 121 Å². The molecule has 0 unspecified atom stereocenters. The molecule has 0 N–H and O–H groups in total. The second-order valence-corrected chi connectivity index (χ2v) is 18.6. The van der Waals surface area contributed by atoms with E-state index < -0.39 is 10.8 Å². The first kappa shape index (κ1) is 38.7. The molecule has 0 atom stereocenters. The highest BCUT2D eigenvalue weighted by Crippen LogP contribution is 2.59. The molecule has 0 saturated carbocycles. The molecule has 0 spiro atoms. The molecular formula is C68H44. The maximum Gasteiger partial charge on any atom is 0.0713 e. The van der Waals surface area contributed by atoms with E-state index in [9.17, 15) is 0 Å². The Labute approximate surface area is 397 Å². The summed E-state index contributed by atoms with van der Waals surface area (Å²) in [4.78, 5) is 0. The van der Waals surface area contributed by atoms with Crippen molar-refractivity contribution >= 4 is 32.3 Å². The third-order valence-electron chi connectivity index (χ3n) is 15.4. The van der Waals surface area contributed by atoms with Gasteiger partial charge in [0.25, 0.3) is 0 Å². The van der Waals surface area contributed by atoms with Crippen molar-refractivity contribution in [2.45, 2.75) is 10.8 Å². The lowest BCUT2D eigenvalue weighted by Gasteiger charge is -2.34. The molecule has 68 heavy (non-hydrogen) atoms. The summed E-state index contributed by atoms with van der Waals surface area (Å²) in [5, 5.41) is 7.56. The van der Waals surface area contributed by atoms with Crippen LogP contribution in [0.25, 0.3) is 76.8 Å². The summed E-state index contributed by atoms with van der Waals surface area (Å²) in [5.74, 6) is 0. The van der Waals surface area contributed by atoms with Crippen LogP contribution >= 0.6 is 0 Å². The van der Waals surface area contributed by atoms with Crippen molar-refractivity contribution in [3.8, 4) is 44.5 Å². The Morgan fingerprint density at radius 1 is 0.206 bits per heavy atom. The molecule has 2 aliphatic rings. The van der Waals surface area contributed by atoms with Gasteiger partial charge < -0.3 is 0 Å². The lowest BCUT2D eigenvalue weighted by Crippen LogP contribution is -2.28. The van der Waals surface area contributed by atoms with Crippen molar-refractivity contribution in [3.63, 3.8) is 0 Å². The summed E-state index contributed by atoms with van der Waals surface area (Å²) in [6.07, 6.45) is 0. The molecule has 0 fully saturated rings. The summed E-state index contributed by atoms with van der Waals surface area (Å²) in [6.45, 7) is 0. The van der Waals surface area contributed by atoms with Gasteiger partial charge in [-0.3, -0.25) is 0 Å². The third-order valence-corrected chi connectivity index (χ3v) is 15.4. The molecule has 0 heterocycles. The third kappa shape index (κ3) is 5.32. The zero-order valence-corrected chi connectivity index (χ0v) is 37.4. The molecule has 2 aliphatic carbocycles. The molecule has 12 aromatic rings. The second-order valence-electron chi connectivity index (χ2n) is 18.6. The van der Waals surface area contributed by atoms with Gasteiger partial charge in [-0.25, -0.2) is 0 Å². The van der Waals surface area contributed by atoms with Gasteiger partial charge in [-0.15, -0.1) is 0 Å². The smallest absolute Gasteiger partial charge is 0.0622 e. The van der Waals surface area contributed by atoms with Crippen molar-refractivity contribution in [1.82, 2.24) is 0 Å². The molecule has 0 nitrogen and oxygen atoms in total. The number of hydrogen-bond donors (Lipinski definition) is 0. The largest absolute Gasteiger partial charge is 0.0713 e. The summed E-state index contributed by atoms with van der Waals surface area (Å²) >= 11 is 0. The quantitative estimate of drug-likeness (QED) is 0.146. The van der Waals surface area contributed by atoms with Gasteiger partial charge in [0, 0.05) is 0 Å². The fourth-order valence-corrected chi connectivity index (χ4v) is 12.7. The summed E-state index contributed by atoms with van der Waals surface area (Å²) < 4.78 is 0. The van der Waals surface area contributed by atoms with Gasteiger partial charge in [0.2, 0.25) is 0 Å². The molecule has 0 heteroatoms. The summed E-state index contributed by atoms with van der Waals surface area (Å²) in [5.41, 5.74) is 19.5. The first-order valence-corrected chi connectivity index (χ1v) is 23.8. The number of hydrogen-bond acceptors (Lipinski definition) is 0. The van der Waals surface area contributed by atoms with E-state index in [1.807, 2.05) is 0 Å². The average Bonchev–Trinajstić information content (AvgIpc) is 3.89. The topological polar surface area (TPSA) is 0 Å². The first-order valence-electron chi connectivity index (χ1n) is 23.8. The van der Waals surface area contributed by atoms with E-state index in [4.69, 9.17) is 0 Å². The van der Waals surface area contributed by atoms with Gasteiger partial charge >= 0.3 is 0 Å². The van der Waals surface area contributed by atoms with E-state index in [1.54, 1.807) is 0 Å². The van der Waals surface area contributed by atoms with Crippen LogP contribution in [0.3, 0.4) is 0 Å². The second kappa shape index (κ2) is 15.0. The van der Waals surface area contributed by atoms with Crippen LogP contribution in [0.5, 0.6) is 0 Å². The minimum absolute atomic E-state index is 0.484. The van der Waals surface area contributed by atoms with Gasteiger partial charge in [-0.2, -0.15) is 0 Å². The van der Waals surface area contributed by atoms with Gasteiger partial charge in [-0.1, -0.05) is 243 Å². The molecular weight excluding hydrogens is 817 g/mol. The fraction of sp³-hybridized carbons (Fsp3) is 0.0294. The average molecular weight is 861 g/mol. The van der Waals surface area contributed by atoms with Crippen LogP contribution in [0.4, 0.5) is 0 Å². The molecule has 0 aliphatic heterocycles. The van der Waals surface area contributed by atoms with Crippen molar-refractivity contribution in [2.24, 2.45) is 0 Å². The predicted molar refractivity (Wildman–Crippen MR) is 284 cm³/mol. The Kier molecular flexibility index (Phi) is 8.51. The molecule has 0 saturated heterocycles. The Morgan fingerprint density at radius 2 is 0.515 bits per heavy atom. The SMILES string of the molecule is c1ccc(C2(c3ccccc3)c3ccccc3-c3ccc(-c4cc5cc(-c6ccc7c(c6)C(c6ccccc6)(c6ccccc6)c6ccccc6-7)c6ccccc6c5c5ccccc45)cc32)cc1. The minimum atomic E-state index is -0.484. The normalized spacial score (nSPS) is 13.8. The van der Waals surface area contributed by atoms with Crippen LogP contribution < -0.4 is 0 Å². The Morgan fingerprint density at radius 3 is 0.897 bits per heavy atom. The van der Waals surface area contributed by atoms with E-state index in [-0.39, 0.29) is 0 Å². The number of rotatable bonds is 6. The Bertz CT molecular complexity index is 3600. The van der Waals surface area contributed by atoms with E-state index in [0.717, 1.165) is 0 Å². The van der Waals surface area contributed by atoms with Crippen molar-refractivity contribution < 1.29 is 0 Å². The fourth-order valence-electron chi connectivity index (χ4n) is 12.7. The monoisotopic (exact) mass is 860 g/mol. The molecule has 0 aromatic heterocycles.